The zero-order chi connectivity index (χ0) is 19.3. The fraction of sp³-hybridized carbons (Fsp3) is 0.350. The molecule has 0 radical (unpaired) electrons. The smallest absolute Gasteiger partial charge is 0.234 e. The standard InChI is InChI=1S/C20H22N4O2S2/c1-14-6-2-3-8-16(14)21-18(25)13-28-20-23-22-19(17-9-5-11-27-17)24(20)12-15-7-4-10-26-15/h2-3,5-6,8-9,11,15H,4,7,10,12-13H2,1H3,(H,21,25). The van der Waals surface area contributed by atoms with Crippen molar-refractivity contribution in [2.24, 2.45) is 0 Å². The van der Waals surface area contributed by atoms with Crippen LogP contribution in [0.25, 0.3) is 10.7 Å². The Morgan fingerprint density at radius 2 is 2.21 bits per heavy atom. The lowest BCUT2D eigenvalue weighted by Gasteiger charge is -2.14. The molecule has 28 heavy (non-hydrogen) atoms. The highest BCUT2D eigenvalue weighted by Gasteiger charge is 2.22. The number of nitrogens with zero attached hydrogens (tertiary/aromatic N) is 3. The van der Waals surface area contributed by atoms with E-state index in [1.54, 1.807) is 11.3 Å². The van der Waals surface area contributed by atoms with Crippen LogP contribution in [0, 0.1) is 6.92 Å². The number of para-hydroxylation sites is 1. The maximum Gasteiger partial charge on any atom is 0.234 e. The van der Waals surface area contributed by atoms with Crippen molar-refractivity contribution in [3.8, 4) is 10.7 Å². The third-order valence-corrected chi connectivity index (χ3v) is 6.45. The van der Waals surface area contributed by atoms with Crippen molar-refractivity contribution >= 4 is 34.7 Å². The predicted octanol–water partition coefficient (Wildman–Crippen LogP) is 4.22. The highest BCUT2D eigenvalue weighted by Crippen LogP contribution is 2.29. The van der Waals surface area contributed by atoms with Gasteiger partial charge in [0.05, 0.1) is 23.3 Å². The number of nitrogens with one attached hydrogen (secondary N) is 1. The van der Waals surface area contributed by atoms with E-state index in [1.165, 1.54) is 11.8 Å². The zero-order valence-electron chi connectivity index (χ0n) is 15.6. The molecule has 3 aromatic rings. The van der Waals surface area contributed by atoms with E-state index in [2.05, 4.69) is 20.1 Å². The Hall–Kier alpha value is -2.16. The predicted molar refractivity (Wildman–Crippen MR) is 113 cm³/mol. The first-order valence-corrected chi connectivity index (χ1v) is 11.1. The van der Waals surface area contributed by atoms with Gasteiger partial charge in [-0.05, 0) is 42.8 Å². The molecule has 0 bridgehead atoms. The van der Waals surface area contributed by atoms with Crippen LogP contribution in [-0.2, 0) is 16.1 Å². The zero-order valence-corrected chi connectivity index (χ0v) is 17.3. The summed E-state index contributed by atoms with van der Waals surface area (Å²) in [4.78, 5) is 13.5. The van der Waals surface area contributed by atoms with Gasteiger partial charge in [0, 0.05) is 12.3 Å². The molecule has 0 saturated carbocycles. The second-order valence-corrected chi connectivity index (χ2v) is 8.57. The van der Waals surface area contributed by atoms with Crippen LogP contribution in [0.4, 0.5) is 5.69 Å². The summed E-state index contributed by atoms with van der Waals surface area (Å²) in [7, 11) is 0. The summed E-state index contributed by atoms with van der Waals surface area (Å²) in [5.74, 6) is 1.07. The van der Waals surface area contributed by atoms with Crippen molar-refractivity contribution in [2.45, 2.75) is 37.6 Å². The van der Waals surface area contributed by atoms with Crippen LogP contribution in [0.5, 0.6) is 0 Å². The van der Waals surface area contributed by atoms with Crippen molar-refractivity contribution in [3.05, 3.63) is 47.3 Å². The van der Waals surface area contributed by atoms with Crippen LogP contribution >= 0.6 is 23.1 Å². The molecule has 6 nitrogen and oxygen atoms in total. The summed E-state index contributed by atoms with van der Waals surface area (Å²) in [5.41, 5.74) is 1.88. The number of hydrogen-bond acceptors (Lipinski definition) is 6. The number of hydrogen-bond donors (Lipinski definition) is 1. The molecule has 1 fully saturated rings. The topological polar surface area (TPSA) is 69.0 Å². The SMILES string of the molecule is Cc1ccccc1NC(=O)CSc1nnc(-c2cccs2)n1CC1CCCO1. The molecule has 146 valence electrons. The van der Waals surface area contributed by atoms with E-state index < -0.39 is 0 Å². The number of thioether (sulfide) groups is 1. The normalized spacial score (nSPS) is 16.4. The van der Waals surface area contributed by atoms with E-state index >= 15 is 0 Å². The number of ether oxygens (including phenoxy) is 1. The quantitative estimate of drug-likeness (QED) is 0.586. The van der Waals surface area contributed by atoms with Crippen LogP contribution in [0.1, 0.15) is 18.4 Å². The summed E-state index contributed by atoms with van der Waals surface area (Å²) in [5, 5.41) is 14.5. The van der Waals surface area contributed by atoms with E-state index in [0.717, 1.165) is 46.6 Å². The molecule has 4 rings (SSSR count). The fourth-order valence-corrected chi connectivity index (χ4v) is 4.63. The lowest BCUT2D eigenvalue weighted by atomic mass is 10.2. The van der Waals surface area contributed by atoms with Crippen molar-refractivity contribution in [1.29, 1.82) is 0 Å². The van der Waals surface area contributed by atoms with Gasteiger partial charge in [-0.2, -0.15) is 0 Å². The maximum atomic E-state index is 12.4. The molecule has 3 heterocycles. The summed E-state index contributed by atoms with van der Waals surface area (Å²) < 4.78 is 7.90. The number of aromatic nitrogens is 3. The van der Waals surface area contributed by atoms with Gasteiger partial charge < -0.3 is 10.1 Å². The van der Waals surface area contributed by atoms with E-state index in [0.29, 0.717) is 6.54 Å². The average Bonchev–Trinajstić information content (AvgIpc) is 3.44. The van der Waals surface area contributed by atoms with E-state index in [-0.39, 0.29) is 17.8 Å². The molecule has 1 atom stereocenters. The van der Waals surface area contributed by atoms with Gasteiger partial charge in [-0.1, -0.05) is 36.0 Å². The molecule has 1 saturated heterocycles. The Morgan fingerprint density at radius 3 is 2.96 bits per heavy atom. The van der Waals surface area contributed by atoms with Gasteiger partial charge in [-0.15, -0.1) is 21.5 Å². The highest BCUT2D eigenvalue weighted by atomic mass is 32.2. The maximum absolute atomic E-state index is 12.4. The van der Waals surface area contributed by atoms with Crippen molar-refractivity contribution in [2.75, 3.05) is 17.7 Å². The molecule has 1 aliphatic heterocycles. The van der Waals surface area contributed by atoms with Gasteiger partial charge >= 0.3 is 0 Å². The molecule has 1 amide bonds. The number of amides is 1. The number of rotatable bonds is 7. The summed E-state index contributed by atoms with van der Waals surface area (Å²) in [6.45, 7) is 3.50. The summed E-state index contributed by atoms with van der Waals surface area (Å²) in [6.07, 6.45) is 2.30. The molecule has 1 aliphatic rings. The molecular weight excluding hydrogens is 392 g/mol. The minimum Gasteiger partial charge on any atom is -0.376 e. The minimum absolute atomic E-state index is 0.0522. The molecule has 1 aromatic carbocycles. The second-order valence-electron chi connectivity index (χ2n) is 6.68. The monoisotopic (exact) mass is 414 g/mol. The van der Waals surface area contributed by atoms with Crippen molar-refractivity contribution in [3.63, 3.8) is 0 Å². The van der Waals surface area contributed by atoms with Gasteiger partial charge in [-0.25, -0.2) is 0 Å². The molecular formula is C20H22N4O2S2. The number of carbonyl (C=O) groups excluding carboxylic acids is 1. The molecule has 1 N–H and O–H groups in total. The van der Waals surface area contributed by atoms with Crippen LogP contribution in [-0.4, -0.2) is 39.1 Å². The molecule has 0 spiro atoms. The van der Waals surface area contributed by atoms with Crippen LogP contribution in [0.2, 0.25) is 0 Å². The Morgan fingerprint density at radius 1 is 1.32 bits per heavy atom. The van der Waals surface area contributed by atoms with Gasteiger partial charge in [0.2, 0.25) is 5.91 Å². The van der Waals surface area contributed by atoms with Gasteiger partial charge in [-0.3, -0.25) is 9.36 Å². The lowest BCUT2D eigenvalue weighted by molar-refractivity contribution is -0.113. The molecule has 8 heteroatoms. The highest BCUT2D eigenvalue weighted by molar-refractivity contribution is 7.99. The Labute approximate surface area is 172 Å². The Kier molecular flexibility index (Phi) is 6.09. The van der Waals surface area contributed by atoms with E-state index in [9.17, 15) is 4.79 Å². The van der Waals surface area contributed by atoms with Crippen molar-refractivity contribution < 1.29 is 9.53 Å². The summed E-state index contributed by atoms with van der Waals surface area (Å²) >= 11 is 3.04. The minimum atomic E-state index is -0.0522. The molecule has 1 unspecified atom stereocenters. The first-order chi connectivity index (χ1) is 13.7. The van der Waals surface area contributed by atoms with Gasteiger partial charge in [0.25, 0.3) is 0 Å². The molecule has 2 aromatic heterocycles. The Bertz CT molecular complexity index is 934. The number of thiophene rings is 1. The fourth-order valence-electron chi connectivity index (χ4n) is 3.17. The van der Waals surface area contributed by atoms with E-state index in [1.807, 2.05) is 48.7 Å². The third-order valence-electron chi connectivity index (χ3n) is 4.62. The number of carbonyl (C=O) groups is 1. The number of aryl methyl sites for hydroxylation is 1. The first kappa shape index (κ1) is 19.2. The second kappa shape index (κ2) is 8.89. The van der Waals surface area contributed by atoms with E-state index in [4.69, 9.17) is 4.74 Å². The first-order valence-electron chi connectivity index (χ1n) is 9.27. The van der Waals surface area contributed by atoms with Crippen LogP contribution < -0.4 is 5.32 Å². The average molecular weight is 415 g/mol. The van der Waals surface area contributed by atoms with Crippen LogP contribution in [0.15, 0.2) is 46.9 Å². The number of benzene rings is 1. The lowest BCUT2D eigenvalue weighted by Crippen LogP contribution is -2.18. The van der Waals surface area contributed by atoms with Crippen molar-refractivity contribution in [1.82, 2.24) is 14.8 Å². The van der Waals surface area contributed by atoms with Gasteiger partial charge in [0.1, 0.15) is 0 Å². The van der Waals surface area contributed by atoms with Gasteiger partial charge in [0.15, 0.2) is 11.0 Å². The Balaban J connectivity index is 1.47. The molecule has 0 aliphatic carbocycles. The summed E-state index contributed by atoms with van der Waals surface area (Å²) in [6, 6.07) is 11.8. The third kappa shape index (κ3) is 4.45. The number of anilines is 1. The largest absolute Gasteiger partial charge is 0.376 e. The van der Waals surface area contributed by atoms with Crippen LogP contribution in [0.3, 0.4) is 0 Å².